The third kappa shape index (κ3) is 5.45. The van der Waals surface area contributed by atoms with Gasteiger partial charge in [-0.15, -0.1) is 0 Å². The highest BCUT2D eigenvalue weighted by molar-refractivity contribution is 7.19. The molecule has 9 rings (SSSR count). The molecular weight excluding hydrogens is 635 g/mol. The molecule has 0 atom stereocenters. The second kappa shape index (κ2) is 13.1. The van der Waals surface area contributed by atoms with Gasteiger partial charge in [0.1, 0.15) is 11.2 Å². The minimum atomic E-state index is -2.62. The quantitative estimate of drug-likeness (QED) is 0.118. The highest BCUT2D eigenvalue weighted by atomic mass is 28.3. The van der Waals surface area contributed by atoms with Gasteiger partial charge >= 0.3 is 0 Å². The Hall–Kier alpha value is -6.42. The average Bonchev–Trinajstić information content (AvgIpc) is 3.59. The first-order valence-electron chi connectivity index (χ1n) is 17.4. The van der Waals surface area contributed by atoms with Crippen LogP contribution in [0, 0.1) is 0 Å². The Balaban J connectivity index is 1.13. The third-order valence-corrected chi connectivity index (χ3v) is 14.8. The molecule has 0 radical (unpaired) electrons. The zero-order valence-electron chi connectivity index (χ0n) is 28.1. The lowest BCUT2D eigenvalue weighted by Crippen LogP contribution is -2.74. The smallest absolute Gasteiger partial charge is 0.179 e. The zero-order chi connectivity index (χ0) is 34.0. The number of nitrogens with zero attached hydrogens (tertiary/aromatic N) is 1. The molecule has 0 fully saturated rings. The van der Waals surface area contributed by atoms with Crippen molar-refractivity contribution in [2.24, 2.45) is 0 Å². The second-order valence-corrected chi connectivity index (χ2v) is 16.7. The molecule has 8 aromatic carbocycles. The minimum Gasteiger partial charge on any atom is -0.456 e. The van der Waals surface area contributed by atoms with Gasteiger partial charge in [0, 0.05) is 27.8 Å². The van der Waals surface area contributed by atoms with Crippen LogP contribution in [-0.2, 0) is 0 Å². The molecule has 0 N–H and O–H groups in total. The molecule has 0 saturated heterocycles. The van der Waals surface area contributed by atoms with Crippen molar-refractivity contribution in [1.29, 1.82) is 0 Å². The predicted molar refractivity (Wildman–Crippen MR) is 217 cm³/mol. The van der Waals surface area contributed by atoms with E-state index in [1.54, 1.807) is 0 Å². The van der Waals surface area contributed by atoms with Crippen LogP contribution in [0.25, 0.3) is 33.1 Å². The van der Waals surface area contributed by atoms with Crippen molar-refractivity contribution < 1.29 is 4.42 Å². The molecule has 51 heavy (non-hydrogen) atoms. The number of anilines is 3. The average molecular weight is 670 g/mol. The summed E-state index contributed by atoms with van der Waals surface area (Å²) in [5, 5.41) is 7.74. The normalized spacial score (nSPS) is 11.5. The van der Waals surface area contributed by atoms with Crippen LogP contribution in [0.15, 0.2) is 217 Å². The first-order chi connectivity index (χ1) is 25.3. The summed E-state index contributed by atoms with van der Waals surface area (Å²) in [4.78, 5) is 2.34. The van der Waals surface area contributed by atoms with E-state index in [0.29, 0.717) is 0 Å². The fraction of sp³-hybridized carbons (Fsp3) is 0. The van der Waals surface area contributed by atoms with Gasteiger partial charge in [0.05, 0.1) is 0 Å². The van der Waals surface area contributed by atoms with Crippen molar-refractivity contribution in [2.45, 2.75) is 0 Å². The monoisotopic (exact) mass is 669 g/mol. The molecule has 0 aliphatic carbocycles. The molecule has 3 heteroatoms. The van der Waals surface area contributed by atoms with Crippen molar-refractivity contribution >= 4 is 67.8 Å². The molecule has 0 bridgehead atoms. The van der Waals surface area contributed by atoms with Crippen molar-refractivity contribution in [1.82, 2.24) is 0 Å². The van der Waals surface area contributed by atoms with Crippen LogP contribution in [0.4, 0.5) is 17.1 Å². The van der Waals surface area contributed by atoms with E-state index in [-0.39, 0.29) is 0 Å². The molecule has 0 amide bonds. The number of fused-ring (bicyclic) bond motifs is 3. The number of furan rings is 1. The standard InChI is InChI=1S/C48H35NOSi/c1-5-15-38(16-6-1)49(39-28-25-36(26-29-39)37-27-34-46-45-23-13-14-24-47(45)50-48(46)35-37)40-30-32-44(33-31-40)51(41-17-7-2-8-18-41,42-19-9-3-10-20-42)43-21-11-4-12-22-43/h1-35H. The lowest BCUT2D eigenvalue weighted by Gasteiger charge is -2.35. The maximum Gasteiger partial charge on any atom is 0.179 e. The molecule has 1 aromatic heterocycles. The van der Waals surface area contributed by atoms with Crippen molar-refractivity contribution in [3.8, 4) is 11.1 Å². The largest absolute Gasteiger partial charge is 0.456 e. The number of benzene rings is 8. The zero-order valence-corrected chi connectivity index (χ0v) is 29.1. The van der Waals surface area contributed by atoms with Crippen LogP contribution in [0.3, 0.4) is 0 Å². The molecule has 0 unspecified atom stereocenters. The van der Waals surface area contributed by atoms with Gasteiger partial charge < -0.3 is 9.32 Å². The summed E-state index contributed by atoms with van der Waals surface area (Å²) in [5.74, 6) is 0. The number of rotatable bonds is 8. The maximum atomic E-state index is 6.20. The third-order valence-electron chi connectivity index (χ3n) is 10.0. The van der Waals surface area contributed by atoms with E-state index in [2.05, 4.69) is 205 Å². The highest BCUT2D eigenvalue weighted by Crippen LogP contribution is 2.37. The molecule has 0 aliphatic heterocycles. The van der Waals surface area contributed by atoms with Gasteiger partial charge in [-0.05, 0) is 86.5 Å². The number of hydrogen-bond donors (Lipinski definition) is 0. The Morgan fingerprint density at radius 3 is 1.29 bits per heavy atom. The van der Waals surface area contributed by atoms with E-state index < -0.39 is 8.07 Å². The Morgan fingerprint density at radius 1 is 0.314 bits per heavy atom. The van der Waals surface area contributed by atoms with E-state index in [1.807, 2.05) is 12.1 Å². The van der Waals surface area contributed by atoms with Gasteiger partial charge in [0.15, 0.2) is 8.07 Å². The SMILES string of the molecule is c1ccc(N(c2ccc(-c3ccc4c(c3)oc3ccccc34)cc2)c2ccc([Si](c3ccccc3)(c3ccccc3)c3ccccc3)cc2)cc1. The van der Waals surface area contributed by atoms with Crippen LogP contribution < -0.4 is 25.6 Å². The van der Waals surface area contributed by atoms with Crippen molar-refractivity contribution in [2.75, 3.05) is 4.90 Å². The van der Waals surface area contributed by atoms with E-state index in [4.69, 9.17) is 4.42 Å². The van der Waals surface area contributed by atoms with E-state index in [1.165, 1.54) is 20.7 Å². The molecule has 1 heterocycles. The molecule has 2 nitrogen and oxygen atoms in total. The summed E-state index contributed by atoms with van der Waals surface area (Å²) in [5.41, 5.74) is 7.42. The van der Waals surface area contributed by atoms with Crippen LogP contribution in [0.2, 0.25) is 0 Å². The Kier molecular flexibility index (Phi) is 7.88. The topological polar surface area (TPSA) is 16.4 Å². The van der Waals surface area contributed by atoms with Crippen LogP contribution in [-0.4, -0.2) is 8.07 Å². The second-order valence-electron chi connectivity index (χ2n) is 12.9. The molecule has 0 aliphatic rings. The Bertz CT molecular complexity index is 2450. The molecular formula is C48H35NOSi. The fourth-order valence-corrected chi connectivity index (χ4v) is 12.4. The van der Waals surface area contributed by atoms with Crippen LogP contribution in [0.5, 0.6) is 0 Å². The minimum absolute atomic E-state index is 0.907. The summed E-state index contributed by atoms with van der Waals surface area (Å²) in [6.45, 7) is 0. The van der Waals surface area contributed by atoms with Gasteiger partial charge in [-0.2, -0.15) is 0 Å². The van der Waals surface area contributed by atoms with E-state index in [9.17, 15) is 0 Å². The van der Waals surface area contributed by atoms with Gasteiger partial charge in [-0.1, -0.05) is 158 Å². The van der Waals surface area contributed by atoms with Gasteiger partial charge in [-0.3, -0.25) is 0 Å². The Morgan fingerprint density at radius 2 is 0.725 bits per heavy atom. The maximum absolute atomic E-state index is 6.20. The molecule has 0 saturated carbocycles. The number of hydrogen-bond acceptors (Lipinski definition) is 2. The van der Waals surface area contributed by atoms with Gasteiger partial charge in [0.2, 0.25) is 0 Å². The summed E-state index contributed by atoms with van der Waals surface area (Å²) >= 11 is 0. The van der Waals surface area contributed by atoms with E-state index >= 15 is 0 Å². The van der Waals surface area contributed by atoms with Crippen molar-refractivity contribution in [3.63, 3.8) is 0 Å². The lowest BCUT2D eigenvalue weighted by molar-refractivity contribution is 0.669. The first kappa shape index (κ1) is 30.6. The molecule has 242 valence electrons. The van der Waals surface area contributed by atoms with Crippen molar-refractivity contribution in [3.05, 3.63) is 212 Å². The summed E-state index contributed by atoms with van der Waals surface area (Å²) < 4.78 is 6.20. The Labute approximate surface area is 299 Å². The molecule has 9 aromatic rings. The lowest BCUT2D eigenvalue weighted by atomic mass is 10.0. The predicted octanol–water partition coefficient (Wildman–Crippen LogP) is 10.1. The van der Waals surface area contributed by atoms with Crippen LogP contribution >= 0.6 is 0 Å². The van der Waals surface area contributed by atoms with Gasteiger partial charge in [-0.25, -0.2) is 0 Å². The van der Waals surface area contributed by atoms with Gasteiger partial charge in [0.25, 0.3) is 0 Å². The summed E-state index contributed by atoms with van der Waals surface area (Å²) in [6, 6.07) is 76.8. The van der Waals surface area contributed by atoms with Crippen LogP contribution in [0.1, 0.15) is 0 Å². The summed E-state index contributed by atoms with van der Waals surface area (Å²) in [7, 11) is -2.62. The molecule has 0 spiro atoms. The van der Waals surface area contributed by atoms with E-state index in [0.717, 1.165) is 50.1 Å². The highest BCUT2D eigenvalue weighted by Gasteiger charge is 2.41. The first-order valence-corrected chi connectivity index (χ1v) is 19.4. The fourth-order valence-electron chi connectivity index (χ4n) is 7.66. The summed E-state index contributed by atoms with van der Waals surface area (Å²) in [6.07, 6.45) is 0. The number of para-hydroxylation sites is 2.